The van der Waals surface area contributed by atoms with Crippen molar-refractivity contribution in [1.82, 2.24) is 5.32 Å². The van der Waals surface area contributed by atoms with Gasteiger partial charge >= 0.3 is 6.03 Å². The number of hydrogen-bond donors (Lipinski definition) is 3. The zero-order valence-electron chi connectivity index (χ0n) is 15.5. The summed E-state index contributed by atoms with van der Waals surface area (Å²) in [5, 5.41) is 8.87. The van der Waals surface area contributed by atoms with Crippen LogP contribution in [0, 0.1) is 0 Å². The average molecular weight is 372 g/mol. The van der Waals surface area contributed by atoms with Crippen molar-refractivity contribution in [2.24, 2.45) is 0 Å². The zero-order chi connectivity index (χ0) is 19.1. The monoisotopic (exact) mass is 371 g/mol. The van der Waals surface area contributed by atoms with E-state index in [0.717, 1.165) is 4.90 Å². The van der Waals surface area contributed by atoms with Gasteiger partial charge in [-0.2, -0.15) is 0 Å². The highest BCUT2D eigenvalue weighted by Crippen LogP contribution is 2.24. The van der Waals surface area contributed by atoms with Crippen molar-refractivity contribution in [1.29, 1.82) is 0 Å². The van der Waals surface area contributed by atoms with Gasteiger partial charge in [0.1, 0.15) is 0 Å². The number of anilines is 2. The Hall–Kier alpha value is -2.47. The van der Waals surface area contributed by atoms with Gasteiger partial charge in [-0.25, -0.2) is 4.79 Å². The Labute approximate surface area is 159 Å². The molecule has 138 valence electrons. The predicted octanol–water partition coefficient (Wildman–Crippen LogP) is 4.97. The SMILES string of the molecule is CC(C)NC(=O)Nc1ccccc1NC(=O)c1ccc(SC(C)C)cc1. The van der Waals surface area contributed by atoms with E-state index in [1.807, 2.05) is 44.2 Å². The second-order valence-electron chi connectivity index (χ2n) is 6.44. The molecule has 0 fully saturated rings. The third-order valence-corrected chi connectivity index (χ3v) is 4.35. The van der Waals surface area contributed by atoms with Gasteiger partial charge in [0.25, 0.3) is 5.91 Å². The Kier molecular flexibility index (Phi) is 7.09. The lowest BCUT2D eigenvalue weighted by atomic mass is 10.2. The van der Waals surface area contributed by atoms with Crippen LogP contribution in [0.4, 0.5) is 16.2 Å². The third-order valence-electron chi connectivity index (χ3n) is 3.33. The lowest BCUT2D eigenvalue weighted by Gasteiger charge is -2.14. The summed E-state index contributed by atoms with van der Waals surface area (Å²) in [4.78, 5) is 25.6. The molecular formula is C20H25N3O2S. The first-order chi connectivity index (χ1) is 12.3. The number of carbonyl (C=O) groups is 2. The smallest absolute Gasteiger partial charge is 0.319 e. The van der Waals surface area contributed by atoms with Crippen LogP contribution in [0.1, 0.15) is 38.1 Å². The Morgan fingerprint density at radius 1 is 0.846 bits per heavy atom. The molecule has 0 aliphatic carbocycles. The van der Waals surface area contributed by atoms with Crippen molar-refractivity contribution in [2.45, 2.75) is 43.9 Å². The molecular weight excluding hydrogens is 346 g/mol. The normalized spacial score (nSPS) is 10.7. The third kappa shape index (κ3) is 6.11. The van der Waals surface area contributed by atoms with E-state index in [1.54, 1.807) is 30.0 Å². The molecule has 26 heavy (non-hydrogen) atoms. The van der Waals surface area contributed by atoms with Crippen molar-refractivity contribution >= 4 is 35.1 Å². The Bertz CT molecular complexity index is 758. The van der Waals surface area contributed by atoms with Crippen molar-refractivity contribution in [3.63, 3.8) is 0 Å². The molecule has 2 aromatic rings. The molecule has 6 heteroatoms. The fourth-order valence-corrected chi connectivity index (χ4v) is 3.11. The number of thioether (sulfide) groups is 1. The number of hydrogen-bond acceptors (Lipinski definition) is 3. The van der Waals surface area contributed by atoms with Crippen LogP contribution in [0.3, 0.4) is 0 Å². The van der Waals surface area contributed by atoms with Crippen LogP contribution in [-0.2, 0) is 0 Å². The number of para-hydroxylation sites is 2. The first kappa shape index (κ1) is 19.8. The molecule has 0 heterocycles. The zero-order valence-corrected chi connectivity index (χ0v) is 16.3. The van der Waals surface area contributed by atoms with Crippen molar-refractivity contribution < 1.29 is 9.59 Å². The van der Waals surface area contributed by atoms with Gasteiger partial charge in [0, 0.05) is 21.8 Å². The number of urea groups is 1. The van der Waals surface area contributed by atoms with Crippen LogP contribution in [0.25, 0.3) is 0 Å². The topological polar surface area (TPSA) is 70.2 Å². The molecule has 0 aliphatic heterocycles. The summed E-state index contributed by atoms with van der Waals surface area (Å²) in [5.41, 5.74) is 1.67. The Morgan fingerprint density at radius 3 is 1.96 bits per heavy atom. The summed E-state index contributed by atoms with van der Waals surface area (Å²) in [6, 6.07) is 14.3. The van der Waals surface area contributed by atoms with Crippen LogP contribution in [0.5, 0.6) is 0 Å². The lowest BCUT2D eigenvalue weighted by molar-refractivity contribution is 0.102. The van der Waals surface area contributed by atoms with Gasteiger partial charge in [-0.05, 0) is 50.2 Å². The summed E-state index contributed by atoms with van der Waals surface area (Å²) in [6.45, 7) is 8.03. The van der Waals surface area contributed by atoms with Gasteiger partial charge < -0.3 is 16.0 Å². The highest BCUT2D eigenvalue weighted by Gasteiger charge is 2.11. The number of benzene rings is 2. The van der Waals surface area contributed by atoms with Gasteiger partial charge in [0.15, 0.2) is 0 Å². The summed E-state index contributed by atoms with van der Waals surface area (Å²) >= 11 is 1.75. The standard InChI is InChI=1S/C20H25N3O2S/c1-13(2)21-20(25)23-18-8-6-5-7-17(18)22-19(24)15-9-11-16(12-10-15)26-14(3)4/h5-14H,1-4H3,(H,22,24)(H2,21,23,25). The first-order valence-electron chi connectivity index (χ1n) is 8.59. The molecule has 3 N–H and O–H groups in total. The molecule has 5 nitrogen and oxygen atoms in total. The summed E-state index contributed by atoms with van der Waals surface area (Å²) in [6.07, 6.45) is 0. The van der Waals surface area contributed by atoms with Gasteiger partial charge in [-0.3, -0.25) is 4.79 Å². The molecule has 0 saturated carbocycles. The van der Waals surface area contributed by atoms with E-state index in [9.17, 15) is 9.59 Å². The lowest BCUT2D eigenvalue weighted by Crippen LogP contribution is -2.34. The second kappa shape index (κ2) is 9.29. The average Bonchev–Trinajstić information content (AvgIpc) is 2.56. The van der Waals surface area contributed by atoms with Gasteiger partial charge in [-0.1, -0.05) is 26.0 Å². The van der Waals surface area contributed by atoms with E-state index in [-0.39, 0.29) is 18.0 Å². The predicted molar refractivity (Wildman–Crippen MR) is 109 cm³/mol. The highest BCUT2D eigenvalue weighted by molar-refractivity contribution is 7.99. The van der Waals surface area contributed by atoms with Crippen LogP contribution in [0.15, 0.2) is 53.4 Å². The summed E-state index contributed by atoms with van der Waals surface area (Å²) in [7, 11) is 0. The summed E-state index contributed by atoms with van der Waals surface area (Å²) in [5.74, 6) is -0.218. The maximum Gasteiger partial charge on any atom is 0.319 e. The Morgan fingerprint density at radius 2 is 1.42 bits per heavy atom. The quantitative estimate of drug-likeness (QED) is 0.628. The molecule has 0 radical (unpaired) electrons. The minimum absolute atomic E-state index is 0.0268. The van der Waals surface area contributed by atoms with Crippen molar-refractivity contribution in [3.05, 3.63) is 54.1 Å². The molecule has 0 unspecified atom stereocenters. The van der Waals surface area contributed by atoms with Crippen LogP contribution < -0.4 is 16.0 Å². The molecule has 0 spiro atoms. The number of carbonyl (C=O) groups excluding carboxylic acids is 2. The van der Waals surface area contributed by atoms with Crippen molar-refractivity contribution in [2.75, 3.05) is 10.6 Å². The molecule has 2 aromatic carbocycles. The van der Waals surface area contributed by atoms with E-state index in [1.165, 1.54) is 0 Å². The fraction of sp³-hybridized carbons (Fsp3) is 0.300. The Balaban J connectivity index is 2.08. The molecule has 0 bridgehead atoms. The molecule has 0 aromatic heterocycles. The molecule has 0 aliphatic rings. The van der Waals surface area contributed by atoms with E-state index >= 15 is 0 Å². The number of amides is 3. The van der Waals surface area contributed by atoms with E-state index in [2.05, 4.69) is 29.8 Å². The molecule has 3 amide bonds. The molecule has 0 atom stereocenters. The highest BCUT2D eigenvalue weighted by atomic mass is 32.2. The van der Waals surface area contributed by atoms with Crippen molar-refractivity contribution in [3.8, 4) is 0 Å². The van der Waals surface area contributed by atoms with E-state index in [0.29, 0.717) is 22.2 Å². The maximum absolute atomic E-state index is 12.5. The maximum atomic E-state index is 12.5. The largest absolute Gasteiger partial charge is 0.336 e. The van der Waals surface area contributed by atoms with Gasteiger partial charge in [-0.15, -0.1) is 11.8 Å². The number of nitrogens with one attached hydrogen (secondary N) is 3. The molecule has 2 rings (SSSR count). The fourth-order valence-electron chi connectivity index (χ4n) is 2.27. The van der Waals surface area contributed by atoms with Gasteiger partial charge in [0.2, 0.25) is 0 Å². The van der Waals surface area contributed by atoms with E-state index < -0.39 is 0 Å². The first-order valence-corrected chi connectivity index (χ1v) is 9.47. The van der Waals surface area contributed by atoms with Crippen LogP contribution in [0.2, 0.25) is 0 Å². The van der Waals surface area contributed by atoms with E-state index in [4.69, 9.17) is 0 Å². The van der Waals surface area contributed by atoms with Crippen LogP contribution >= 0.6 is 11.8 Å². The minimum Gasteiger partial charge on any atom is -0.336 e. The van der Waals surface area contributed by atoms with Gasteiger partial charge in [0.05, 0.1) is 11.4 Å². The number of rotatable bonds is 6. The minimum atomic E-state index is -0.309. The second-order valence-corrected chi connectivity index (χ2v) is 8.09. The molecule has 0 saturated heterocycles. The summed E-state index contributed by atoms with van der Waals surface area (Å²) < 4.78 is 0. The van der Waals surface area contributed by atoms with Crippen LogP contribution in [-0.4, -0.2) is 23.2 Å².